The van der Waals surface area contributed by atoms with E-state index in [0.29, 0.717) is 11.1 Å². The number of nitrogens with one attached hydrogen (secondary N) is 2. The Labute approximate surface area is 202 Å². The van der Waals surface area contributed by atoms with Gasteiger partial charge in [0, 0.05) is 24.4 Å². The second-order valence-electron chi connectivity index (χ2n) is 8.94. The molecule has 0 bridgehead atoms. The first-order valence-electron chi connectivity index (χ1n) is 10.8. The molecular formula is C24H27N3O7S. The zero-order chi connectivity index (χ0) is 26.1. The number of rotatable bonds is 7. The molecule has 0 saturated carbocycles. The van der Waals surface area contributed by atoms with Crippen LogP contribution in [-0.4, -0.2) is 35.9 Å². The highest BCUT2D eigenvalue weighted by Gasteiger charge is 2.29. The van der Waals surface area contributed by atoms with Crippen LogP contribution in [0, 0.1) is 5.41 Å². The van der Waals surface area contributed by atoms with E-state index in [9.17, 15) is 27.9 Å². The number of amides is 1. The largest absolute Gasteiger partial charge is 0.492 e. The van der Waals surface area contributed by atoms with E-state index in [4.69, 9.17) is 4.84 Å². The third-order valence-corrected chi connectivity index (χ3v) is 6.42. The summed E-state index contributed by atoms with van der Waals surface area (Å²) in [6.07, 6.45) is 0.1000. The van der Waals surface area contributed by atoms with Crippen LogP contribution >= 0.6 is 0 Å². The molecule has 0 aliphatic rings. The Balaban J connectivity index is 2.04. The molecule has 186 valence electrons. The van der Waals surface area contributed by atoms with Gasteiger partial charge in [-0.2, -0.15) is 0 Å². The van der Waals surface area contributed by atoms with Crippen molar-refractivity contribution in [3.05, 3.63) is 48.0 Å². The summed E-state index contributed by atoms with van der Waals surface area (Å²) in [5.74, 6) is -1.86. The molecule has 10 nitrogen and oxygen atoms in total. The number of sulfonamides is 1. The Hall–Kier alpha value is -3.86. The summed E-state index contributed by atoms with van der Waals surface area (Å²) in [6.45, 7) is 7.87. The molecule has 0 aliphatic carbocycles. The van der Waals surface area contributed by atoms with Gasteiger partial charge < -0.3 is 15.3 Å². The minimum absolute atomic E-state index is 0.0211. The van der Waals surface area contributed by atoms with Crippen LogP contribution in [0.1, 0.15) is 51.4 Å². The monoisotopic (exact) mass is 501 g/mol. The van der Waals surface area contributed by atoms with Crippen molar-refractivity contribution in [2.75, 3.05) is 10.0 Å². The van der Waals surface area contributed by atoms with E-state index in [1.54, 1.807) is 27.7 Å². The molecule has 0 fully saturated rings. The lowest BCUT2D eigenvalue weighted by molar-refractivity contribution is -0.153. The topological polar surface area (TPSA) is 144 Å². The zero-order valence-electron chi connectivity index (χ0n) is 20.0. The van der Waals surface area contributed by atoms with Gasteiger partial charge in [0.25, 0.3) is 10.0 Å². The van der Waals surface area contributed by atoms with Gasteiger partial charge in [-0.05, 0) is 63.2 Å². The molecule has 0 unspecified atom stereocenters. The lowest BCUT2D eigenvalue weighted by Gasteiger charge is -2.17. The fourth-order valence-corrected chi connectivity index (χ4v) is 4.26. The average Bonchev–Trinajstić information content (AvgIpc) is 3.03. The summed E-state index contributed by atoms with van der Waals surface area (Å²) >= 11 is 0. The van der Waals surface area contributed by atoms with Crippen molar-refractivity contribution in [1.29, 1.82) is 0 Å². The van der Waals surface area contributed by atoms with E-state index in [1.807, 2.05) is 0 Å². The first kappa shape index (κ1) is 25.8. The maximum atomic E-state index is 12.9. The van der Waals surface area contributed by atoms with Crippen molar-refractivity contribution in [1.82, 2.24) is 4.73 Å². The molecule has 35 heavy (non-hydrogen) atoms. The summed E-state index contributed by atoms with van der Waals surface area (Å²) in [4.78, 5) is 41.5. The lowest BCUT2D eigenvalue weighted by Crippen LogP contribution is -2.31. The van der Waals surface area contributed by atoms with Gasteiger partial charge in [0.2, 0.25) is 11.8 Å². The van der Waals surface area contributed by atoms with Crippen LogP contribution in [0.3, 0.4) is 0 Å². The molecular weight excluding hydrogens is 474 g/mol. The van der Waals surface area contributed by atoms with Crippen LogP contribution in [0.15, 0.2) is 47.4 Å². The summed E-state index contributed by atoms with van der Waals surface area (Å²) in [7, 11) is -4.02. The van der Waals surface area contributed by atoms with Crippen LogP contribution in [0.4, 0.5) is 11.4 Å². The highest BCUT2D eigenvalue weighted by Crippen LogP contribution is 2.34. The van der Waals surface area contributed by atoms with Crippen LogP contribution < -0.4 is 14.9 Å². The number of aromatic hydroxyl groups is 1. The van der Waals surface area contributed by atoms with E-state index in [0.717, 1.165) is 4.73 Å². The fourth-order valence-electron chi connectivity index (χ4n) is 3.21. The zero-order valence-corrected chi connectivity index (χ0v) is 20.8. The van der Waals surface area contributed by atoms with Crippen LogP contribution in [0.25, 0.3) is 10.9 Å². The van der Waals surface area contributed by atoms with Gasteiger partial charge in [-0.15, -0.1) is 4.73 Å². The SMILES string of the molecule is CCC(=O)c1c(O)n(OC(=O)C(C)(C)C)c2cc(NS(=O)(=O)c3ccc(NC(C)=O)cc3)ccc12. The van der Waals surface area contributed by atoms with E-state index in [1.165, 1.54) is 49.4 Å². The Morgan fingerprint density at radius 1 is 1.03 bits per heavy atom. The van der Waals surface area contributed by atoms with E-state index in [2.05, 4.69) is 10.0 Å². The predicted molar refractivity (Wildman–Crippen MR) is 131 cm³/mol. The number of fused-ring (bicyclic) bond motifs is 1. The number of nitrogens with zero attached hydrogens (tertiary/aromatic N) is 1. The Morgan fingerprint density at radius 2 is 1.63 bits per heavy atom. The molecule has 11 heteroatoms. The number of aromatic nitrogens is 1. The summed E-state index contributed by atoms with van der Waals surface area (Å²) in [5.41, 5.74) is -0.227. The van der Waals surface area contributed by atoms with Crippen LogP contribution in [-0.2, 0) is 19.6 Å². The number of hydrogen-bond donors (Lipinski definition) is 3. The number of carbonyl (C=O) groups is 3. The van der Waals surface area contributed by atoms with Gasteiger partial charge >= 0.3 is 5.97 Å². The maximum Gasteiger partial charge on any atom is 0.338 e. The van der Waals surface area contributed by atoms with Crippen molar-refractivity contribution in [3.63, 3.8) is 0 Å². The van der Waals surface area contributed by atoms with Crippen LogP contribution in [0.2, 0.25) is 0 Å². The molecule has 1 heterocycles. The number of carbonyl (C=O) groups excluding carboxylic acids is 3. The van der Waals surface area contributed by atoms with Crippen molar-refractivity contribution >= 4 is 50.0 Å². The molecule has 3 rings (SSSR count). The van der Waals surface area contributed by atoms with Gasteiger partial charge in [0.1, 0.15) is 0 Å². The second-order valence-corrected chi connectivity index (χ2v) is 10.6. The minimum atomic E-state index is -4.02. The normalized spacial score (nSPS) is 11.8. The molecule has 0 spiro atoms. The Bertz CT molecular complexity index is 1420. The van der Waals surface area contributed by atoms with E-state index < -0.39 is 27.3 Å². The Kier molecular flexibility index (Phi) is 6.93. The molecule has 3 aromatic rings. The first-order chi connectivity index (χ1) is 16.2. The van der Waals surface area contributed by atoms with Crippen molar-refractivity contribution in [2.45, 2.75) is 45.9 Å². The number of benzene rings is 2. The average molecular weight is 502 g/mol. The van der Waals surface area contributed by atoms with Crippen molar-refractivity contribution in [2.24, 2.45) is 5.41 Å². The van der Waals surface area contributed by atoms with Crippen molar-refractivity contribution < 1.29 is 32.7 Å². The maximum absolute atomic E-state index is 12.9. The summed E-state index contributed by atoms with van der Waals surface area (Å²) < 4.78 is 29.1. The molecule has 0 radical (unpaired) electrons. The van der Waals surface area contributed by atoms with Crippen LogP contribution in [0.5, 0.6) is 5.88 Å². The van der Waals surface area contributed by atoms with Gasteiger partial charge in [0.15, 0.2) is 5.78 Å². The van der Waals surface area contributed by atoms with Gasteiger partial charge in [-0.25, -0.2) is 13.2 Å². The smallest absolute Gasteiger partial charge is 0.338 e. The first-order valence-corrected chi connectivity index (χ1v) is 12.3. The fraction of sp³-hybridized carbons (Fsp3) is 0.292. The quantitative estimate of drug-likeness (QED) is 0.419. The predicted octanol–water partition coefficient (Wildman–Crippen LogP) is 3.70. The number of anilines is 2. The summed E-state index contributed by atoms with van der Waals surface area (Å²) in [5, 5.41) is 13.6. The van der Waals surface area contributed by atoms with Gasteiger partial charge in [-0.3, -0.25) is 14.3 Å². The van der Waals surface area contributed by atoms with Crippen molar-refractivity contribution in [3.8, 4) is 5.88 Å². The second kappa shape index (κ2) is 9.41. The lowest BCUT2D eigenvalue weighted by atomic mass is 9.98. The molecule has 2 aromatic carbocycles. The number of hydrogen-bond acceptors (Lipinski definition) is 7. The standard InChI is InChI=1S/C24H27N3O7S/c1-6-20(29)21-18-12-9-16(13-19(18)27(22(21)30)34-23(31)24(3,4)5)26-35(32,33)17-10-7-15(8-11-17)25-14(2)28/h7-13,26,30H,6H2,1-5H3,(H,25,28). The Morgan fingerprint density at radius 3 is 2.17 bits per heavy atom. The molecule has 0 aliphatic heterocycles. The van der Waals surface area contributed by atoms with E-state index in [-0.39, 0.29) is 39.8 Å². The molecule has 0 atom stereocenters. The third-order valence-electron chi connectivity index (χ3n) is 5.03. The number of ketones is 1. The third kappa shape index (κ3) is 5.46. The molecule has 1 amide bonds. The highest BCUT2D eigenvalue weighted by atomic mass is 32.2. The minimum Gasteiger partial charge on any atom is -0.492 e. The van der Waals surface area contributed by atoms with Gasteiger partial charge in [-0.1, -0.05) is 6.92 Å². The summed E-state index contributed by atoms with van der Waals surface area (Å²) in [6, 6.07) is 9.85. The number of Topliss-reactive ketones (excluding diaryl/α,β-unsaturated/α-hetero) is 1. The highest BCUT2D eigenvalue weighted by molar-refractivity contribution is 7.92. The molecule has 1 aromatic heterocycles. The van der Waals surface area contributed by atoms with Gasteiger partial charge in [0.05, 0.1) is 27.1 Å². The van der Waals surface area contributed by atoms with E-state index >= 15 is 0 Å². The molecule has 3 N–H and O–H groups in total. The molecule has 0 saturated heterocycles.